The van der Waals surface area contributed by atoms with Crippen molar-refractivity contribution in [1.82, 2.24) is 9.97 Å². The molecule has 0 bridgehead atoms. The fourth-order valence-corrected chi connectivity index (χ4v) is 1.09. The van der Waals surface area contributed by atoms with Crippen LogP contribution in [0.2, 0.25) is 0 Å². The highest BCUT2D eigenvalue weighted by Crippen LogP contribution is 2.17. The minimum atomic E-state index is -0.408. The fraction of sp³-hybridized carbons (Fsp3) is 0. The summed E-state index contributed by atoms with van der Waals surface area (Å²) in [7, 11) is 0. The van der Waals surface area contributed by atoms with Gasteiger partial charge in [0.2, 0.25) is 0 Å². The number of nitrogens with zero attached hydrogens (tertiary/aromatic N) is 3. The lowest BCUT2D eigenvalue weighted by Crippen LogP contribution is -1.93. The highest BCUT2D eigenvalue weighted by atomic mass is 19.1. The zero-order valence-electron chi connectivity index (χ0n) is 8.09. The number of ether oxygens (including phenoxy) is 1. The number of halogens is 1. The molecule has 0 spiro atoms. The average molecular weight is 215 g/mol. The molecule has 1 aromatic carbocycles. The van der Waals surface area contributed by atoms with E-state index in [-0.39, 0.29) is 17.5 Å². The van der Waals surface area contributed by atoms with E-state index in [1.807, 2.05) is 6.07 Å². The van der Waals surface area contributed by atoms with Gasteiger partial charge in [0, 0.05) is 12.3 Å². The van der Waals surface area contributed by atoms with Gasteiger partial charge in [0.05, 0.1) is 0 Å². The maximum Gasteiger partial charge on any atom is 0.323 e. The molecule has 0 amide bonds. The van der Waals surface area contributed by atoms with Crippen LogP contribution < -0.4 is 4.74 Å². The monoisotopic (exact) mass is 215 g/mol. The third-order valence-corrected chi connectivity index (χ3v) is 1.75. The van der Waals surface area contributed by atoms with Crippen molar-refractivity contribution in [1.29, 1.82) is 5.26 Å². The molecular weight excluding hydrogens is 209 g/mol. The van der Waals surface area contributed by atoms with Crippen molar-refractivity contribution in [2.75, 3.05) is 0 Å². The van der Waals surface area contributed by atoms with Crippen molar-refractivity contribution < 1.29 is 9.13 Å². The largest absolute Gasteiger partial charge is 0.424 e. The predicted molar refractivity (Wildman–Crippen MR) is 53.2 cm³/mol. The van der Waals surface area contributed by atoms with Crippen molar-refractivity contribution in [3.8, 4) is 17.8 Å². The van der Waals surface area contributed by atoms with Crippen LogP contribution in [0.1, 0.15) is 5.69 Å². The molecule has 0 aliphatic heterocycles. The molecule has 0 fully saturated rings. The normalized spacial score (nSPS) is 9.50. The first-order valence-corrected chi connectivity index (χ1v) is 4.44. The lowest BCUT2D eigenvalue weighted by molar-refractivity contribution is 0.437. The van der Waals surface area contributed by atoms with Gasteiger partial charge in [-0.1, -0.05) is 6.07 Å². The van der Waals surface area contributed by atoms with Crippen LogP contribution in [0, 0.1) is 17.1 Å². The summed E-state index contributed by atoms with van der Waals surface area (Å²) in [5.41, 5.74) is 0.196. The molecule has 0 aliphatic rings. The minimum Gasteiger partial charge on any atom is -0.424 e. The van der Waals surface area contributed by atoms with Crippen LogP contribution in [-0.2, 0) is 0 Å². The SMILES string of the molecule is N#Cc1ccnc(Oc2cccc(F)c2)n1. The van der Waals surface area contributed by atoms with Crippen LogP contribution in [0.4, 0.5) is 4.39 Å². The first-order valence-electron chi connectivity index (χ1n) is 4.44. The molecule has 2 aromatic rings. The summed E-state index contributed by atoms with van der Waals surface area (Å²) >= 11 is 0. The van der Waals surface area contributed by atoms with Crippen molar-refractivity contribution in [2.24, 2.45) is 0 Å². The van der Waals surface area contributed by atoms with Gasteiger partial charge in [-0.25, -0.2) is 9.37 Å². The molecule has 0 unspecified atom stereocenters. The molecule has 0 aliphatic carbocycles. The molecule has 0 N–H and O–H groups in total. The number of benzene rings is 1. The summed E-state index contributed by atoms with van der Waals surface area (Å²) in [6.07, 6.45) is 1.40. The Morgan fingerprint density at radius 3 is 2.94 bits per heavy atom. The maximum atomic E-state index is 12.8. The summed E-state index contributed by atoms with van der Waals surface area (Å²) < 4.78 is 18.0. The van der Waals surface area contributed by atoms with E-state index in [1.165, 1.54) is 30.5 Å². The van der Waals surface area contributed by atoms with Crippen LogP contribution in [0.25, 0.3) is 0 Å². The second kappa shape index (κ2) is 4.36. The molecule has 1 heterocycles. The highest BCUT2D eigenvalue weighted by Gasteiger charge is 2.02. The van der Waals surface area contributed by atoms with Gasteiger partial charge in [0.15, 0.2) is 0 Å². The van der Waals surface area contributed by atoms with Crippen molar-refractivity contribution >= 4 is 0 Å². The van der Waals surface area contributed by atoms with E-state index in [4.69, 9.17) is 10.00 Å². The Morgan fingerprint density at radius 1 is 1.31 bits per heavy atom. The van der Waals surface area contributed by atoms with E-state index in [0.717, 1.165) is 0 Å². The molecule has 0 radical (unpaired) electrons. The van der Waals surface area contributed by atoms with E-state index >= 15 is 0 Å². The minimum absolute atomic E-state index is 0.0182. The molecule has 78 valence electrons. The predicted octanol–water partition coefficient (Wildman–Crippen LogP) is 2.28. The van der Waals surface area contributed by atoms with Gasteiger partial charge in [-0.3, -0.25) is 0 Å². The molecule has 0 atom stereocenters. The molecule has 16 heavy (non-hydrogen) atoms. The summed E-state index contributed by atoms with van der Waals surface area (Å²) in [6, 6.07) is 8.94. The Labute approximate surface area is 91.0 Å². The fourth-order valence-electron chi connectivity index (χ4n) is 1.09. The zero-order valence-corrected chi connectivity index (χ0v) is 8.09. The first kappa shape index (κ1) is 10.1. The number of hydrogen-bond donors (Lipinski definition) is 0. The molecule has 0 saturated heterocycles. The summed E-state index contributed by atoms with van der Waals surface area (Å²) in [5.74, 6) is -0.121. The summed E-state index contributed by atoms with van der Waals surface area (Å²) in [6.45, 7) is 0. The smallest absolute Gasteiger partial charge is 0.323 e. The Bertz CT molecular complexity index is 551. The third kappa shape index (κ3) is 2.30. The summed E-state index contributed by atoms with van der Waals surface area (Å²) in [4.78, 5) is 7.60. The Balaban J connectivity index is 2.24. The molecule has 2 rings (SSSR count). The van der Waals surface area contributed by atoms with Crippen LogP contribution in [0.5, 0.6) is 11.8 Å². The molecule has 1 aromatic heterocycles. The quantitative estimate of drug-likeness (QED) is 0.771. The van der Waals surface area contributed by atoms with Crippen LogP contribution in [0.3, 0.4) is 0 Å². The molecular formula is C11H6FN3O. The van der Waals surface area contributed by atoms with E-state index in [9.17, 15) is 4.39 Å². The highest BCUT2D eigenvalue weighted by molar-refractivity contribution is 5.26. The van der Waals surface area contributed by atoms with E-state index < -0.39 is 5.82 Å². The van der Waals surface area contributed by atoms with Crippen molar-refractivity contribution in [3.05, 3.63) is 48.0 Å². The Hall–Kier alpha value is -2.48. The first-order chi connectivity index (χ1) is 7.78. The van der Waals surface area contributed by atoms with Gasteiger partial charge in [0.1, 0.15) is 23.3 Å². The third-order valence-electron chi connectivity index (χ3n) is 1.75. The van der Waals surface area contributed by atoms with Crippen molar-refractivity contribution in [2.45, 2.75) is 0 Å². The second-order valence-corrected chi connectivity index (χ2v) is 2.90. The standard InChI is InChI=1S/C11H6FN3O/c12-8-2-1-3-10(6-8)16-11-14-5-4-9(7-13)15-11/h1-6H. The Kier molecular flexibility index (Phi) is 2.74. The van der Waals surface area contributed by atoms with Crippen LogP contribution in [-0.4, -0.2) is 9.97 Å². The molecule has 5 heteroatoms. The molecule has 0 saturated carbocycles. The Morgan fingerprint density at radius 2 is 2.19 bits per heavy atom. The maximum absolute atomic E-state index is 12.8. The lowest BCUT2D eigenvalue weighted by Gasteiger charge is -2.02. The van der Waals surface area contributed by atoms with E-state index in [0.29, 0.717) is 0 Å². The zero-order chi connectivity index (χ0) is 11.4. The van der Waals surface area contributed by atoms with Gasteiger partial charge < -0.3 is 4.74 Å². The topological polar surface area (TPSA) is 58.8 Å². The van der Waals surface area contributed by atoms with E-state index in [1.54, 1.807) is 6.07 Å². The van der Waals surface area contributed by atoms with Gasteiger partial charge in [-0.05, 0) is 18.2 Å². The van der Waals surface area contributed by atoms with Gasteiger partial charge >= 0.3 is 6.01 Å². The van der Waals surface area contributed by atoms with Crippen molar-refractivity contribution in [3.63, 3.8) is 0 Å². The number of aromatic nitrogens is 2. The lowest BCUT2D eigenvalue weighted by atomic mass is 10.3. The van der Waals surface area contributed by atoms with Crippen LogP contribution >= 0.6 is 0 Å². The molecule has 4 nitrogen and oxygen atoms in total. The number of rotatable bonds is 2. The number of hydrogen-bond acceptors (Lipinski definition) is 4. The summed E-state index contributed by atoms with van der Waals surface area (Å²) in [5, 5.41) is 8.62. The van der Waals surface area contributed by atoms with Gasteiger partial charge in [-0.2, -0.15) is 10.2 Å². The second-order valence-electron chi connectivity index (χ2n) is 2.90. The number of nitriles is 1. The van der Waals surface area contributed by atoms with Crippen LogP contribution in [0.15, 0.2) is 36.5 Å². The van der Waals surface area contributed by atoms with Gasteiger partial charge in [0.25, 0.3) is 0 Å². The van der Waals surface area contributed by atoms with Gasteiger partial charge in [-0.15, -0.1) is 0 Å². The average Bonchev–Trinajstić information content (AvgIpc) is 2.29. The van der Waals surface area contributed by atoms with E-state index in [2.05, 4.69) is 9.97 Å².